The topological polar surface area (TPSA) is 293 Å². The minimum atomic E-state index is -4.89. The lowest BCUT2D eigenvalue weighted by Crippen LogP contribution is -2.55. The second kappa shape index (κ2) is 33.4. The molecule has 27 heteroatoms. The number of hydrogen-bond donors (Lipinski definition) is 6. The molecule has 2 aliphatic rings. The smallest absolute Gasteiger partial charge is 0.434 e. The first kappa shape index (κ1) is 70.0. The summed E-state index contributed by atoms with van der Waals surface area (Å²) in [5, 5.41) is 46.0. The summed E-state index contributed by atoms with van der Waals surface area (Å²) < 4.78 is 60.5. The van der Waals surface area contributed by atoms with Gasteiger partial charge in [0, 0.05) is 115 Å². The molecular formula is C59H88F3N11O13. The molecule has 5 heterocycles. The van der Waals surface area contributed by atoms with Gasteiger partial charge in [-0.25, -0.2) is 15.0 Å². The Balaban J connectivity index is 1.23. The van der Waals surface area contributed by atoms with Gasteiger partial charge in [0.15, 0.2) is 5.69 Å². The number of piperazine rings is 1. The Morgan fingerprint density at radius 1 is 0.733 bits per heavy atom. The van der Waals surface area contributed by atoms with Crippen LogP contribution in [0.4, 0.5) is 18.9 Å². The first-order chi connectivity index (χ1) is 40.8. The second-order valence-electron chi connectivity index (χ2n) is 22.2. The zero-order valence-electron chi connectivity index (χ0n) is 50.7. The molecule has 2 aliphatic heterocycles. The van der Waals surface area contributed by atoms with E-state index in [0.29, 0.717) is 81.2 Å². The number of aromatic nitrogens is 3. The molecule has 2 amide bonds. The predicted octanol–water partition coefficient (Wildman–Crippen LogP) is 5.14. The molecule has 0 radical (unpaired) electrons. The number of carbonyl (C=O) groups is 6. The van der Waals surface area contributed by atoms with Crippen molar-refractivity contribution >= 4 is 41.4 Å². The molecule has 3 aromatic heterocycles. The lowest BCUT2D eigenvalue weighted by Gasteiger charge is -2.43. The van der Waals surface area contributed by atoms with Crippen LogP contribution in [-0.2, 0) is 41.4 Å². The molecule has 0 saturated carbocycles. The quantitative estimate of drug-likeness (QED) is 0.0454. The van der Waals surface area contributed by atoms with Gasteiger partial charge in [-0.3, -0.25) is 48.4 Å². The Bertz CT molecular complexity index is 2700. The molecule has 0 aromatic carbocycles. The highest BCUT2D eigenvalue weighted by molar-refractivity contribution is 5.96. The van der Waals surface area contributed by atoms with Crippen molar-refractivity contribution < 1.29 is 76.6 Å². The number of alkyl halides is 3. The highest BCUT2D eigenvalue weighted by atomic mass is 19.4. The number of carboxylic acid groups (broad SMARTS) is 4. The van der Waals surface area contributed by atoms with E-state index < -0.39 is 64.4 Å². The number of nitrogens with zero attached hydrogens (tertiary/aromatic N) is 9. The summed E-state index contributed by atoms with van der Waals surface area (Å²) in [6.07, 6.45) is -0.708. The Hall–Kier alpha value is -6.78. The minimum Gasteiger partial charge on any atom is -0.480 e. The van der Waals surface area contributed by atoms with Crippen LogP contribution in [-0.4, -0.2) is 237 Å². The number of nitrogens with one attached hydrogen (secondary N) is 2. The van der Waals surface area contributed by atoms with Gasteiger partial charge in [0.05, 0.1) is 66.7 Å². The van der Waals surface area contributed by atoms with Crippen molar-refractivity contribution in [1.29, 1.82) is 0 Å². The van der Waals surface area contributed by atoms with Crippen LogP contribution in [0, 0.1) is 0 Å². The van der Waals surface area contributed by atoms with Crippen LogP contribution in [0.5, 0.6) is 11.8 Å². The minimum absolute atomic E-state index is 0.0862. The fraction of sp³-hybridized carbons (Fsp3) is 0.644. The highest BCUT2D eigenvalue weighted by Crippen LogP contribution is 2.35. The number of halogens is 3. The predicted molar refractivity (Wildman–Crippen MR) is 313 cm³/mol. The van der Waals surface area contributed by atoms with Crippen molar-refractivity contribution in [3.63, 3.8) is 0 Å². The van der Waals surface area contributed by atoms with E-state index in [9.17, 15) is 62.4 Å². The summed E-state index contributed by atoms with van der Waals surface area (Å²) in [5.74, 6) is -5.43. The normalized spacial score (nSPS) is 18.2. The van der Waals surface area contributed by atoms with Crippen molar-refractivity contribution in [3.05, 3.63) is 59.5 Å². The highest BCUT2D eigenvalue weighted by Gasteiger charge is 2.41. The van der Waals surface area contributed by atoms with E-state index in [-0.39, 0.29) is 129 Å². The molecule has 3 aromatic rings. The van der Waals surface area contributed by atoms with E-state index in [4.69, 9.17) is 19.2 Å². The molecular weight excluding hydrogens is 1130 g/mol. The molecule has 0 bridgehead atoms. The standard InChI is InChI=1S/C59H88F3N11O13/c1-8-41-37-72(55(81)43-15-20-49(84-11-4)66-53(43)59(60,61)62)33-34-73(41)46-17-16-44(42-14-13-23-64-54(42)85-12-5)65-45(46)36-63-24-21-58(7,10-3)86-35-22-57(6,9-2)67-48(74)19-18-47(56(82)83)71-31-29-69(39-51(77)78)27-25-68(38-50(75)76)26-28-70(30-32-71)40-52(79)80/h13-17,20,23,41,47,63H,8-12,18-19,21-22,24-40H2,1-7H3,(H,67,74)(H,75,76)(H,77,78)(H,79,80)(H,82,83)/t41-,47?,57?,58?/m1/s1. The van der Waals surface area contributed by atoms with Gasteiger partial charge in [-0.15, -0.1) is 0 Å². The van der Waals surface area contributed by atoms with Crippen LogP contribution in [0.15, 0.2) is 42.6 Å². The van der Waals surface area contributed by atoms with Crippen molar-refractivity contribution in [3.8, 4) is 23.0 Å². The van der Waals surface area contributed by atoms with Gasteiger partial charge in [-0.1, -0.05) is 20.8 Å². The summed E-state index contributed by atoms with van der Waals surface area (Å²) in [6.45, 7) is 15.6. The first-order valence-corrected chi connectivity index (χ1v) is 29.6. The van der Waals surface area contributed by atoms with E-state index in [1.807, 2.05) is 59.7 Å². The molecule has 6 N–H and O–H groups in total. The molecule has 0 spiro atoms. The Morgan fingerprint density at radius 2 is 1.35 bits per heavy atom. The second-order valence-corrected chi connectivity index (χ2v) is 22.2. The molecule has 478 valence electrons. The number of hydrogen-bond acceptors (Lipinski definition) is 18. The van der Waals surface area contributed by atoms with E-state index >= 15 is 0 Å². The molecule has 3 unspecified atom stereocenters. The molecule has 86 heavy (non-hydrogen) atoms. The van der Waals surface area contributed by atoms with Crippen LogP contribution < -0.4 is 25.0 Å². The summed E-state index contributed by atoms with van der Waals surface area (Å²) in [7, 11) is 0. The van der Waals surface area contributed by atoms with Gasteiger partial charge in [-0.05, 0) is 103 Å². The van der Waals surface area contributed by atoms with Crippen LogP contribution in [0.25, 0.3) is 11.3 Å². The van der Waals surface area contributed by atoms with Gasteiger partial charge in [0.25, 0.3) is 5.91 Å². The monoisotopic (exact) mass is 1220 g/mol. The Labute approximate surface area is 501 Å². The maximum Gasteiger partial charge on any atom is 0.434 e. The Morgan fingerprint density at radius 3 is 1.90 bits per heavy atom. The third-order valence-electron chi connectivity index (χ3n) is 16.0. The first-order valence-electron chi connectivity index (χ1n) is 29.6. The zero-order valence-corrected chi connectivity index (χ0v) is 50.7. The summed E-state index contributed by atoms with van der Waals surface area (Å²) in [4.78, 5) is 99.1. The fourth-order valence-electron chi connectivity index (χ4n) is 10.6. The summed E-state index contributed by atoms with van der Waals surface area (Å²) in [6, 6.07) is 8.48. The summed E-state index contributed by atoms with van der Waals surface area (Å²) in [5.41, 5.74) is -0.355. The largest absolute Gasteiger partial charge is 0.480 e. The van der Waals surface area contributed by atoms with Crippen molar-refractivity contribution in [1.82, 2.24) is 50.1 Å². The molecule has 0 aliphatic carbocycles. The number of aliphatic carboxylic acids is 4. The van der Waals surface area contributed by atoms with Gasteiger partial charge < -0.3 is 55.1 Å². The van der Waals surface area contributed by atoms with Gasteiger partial charge in [0.1, 0.15) is 6.04 Å². The zero-order chi connectivity index (χ0) is 63.2. The number of carboxylic acids is 4. The average Bonchev–Trinajstić information content (AvgIpc) is 1.19. The van der Waals surface area contributed by atoms with Crippen molar-refractivity contribution in [2.75, 3.05) is 123 Å². The van der Waals surface area contributed by atoms with Crippen molar-refractivity contribution in [2.24, 2.45) is 0 Å². The van der Waals surface area contributed by atoms with Crippen LogP contribution in [0.1, 0.15) is 115 Å². The van der Waals surface area contributed by atoms with E-state index in [2.05, 4.69) is 25.5 Å². The van der Waals surface area contributed by atoms with E-state index in [1.54, 1.807) is 38.8 Å². The lowest BCUT2D eigenvalue weighted by atomic mass is 9.93. The van der Waals surface area contributed by atoms with E-state index in [1.165, 1.54) is 11.0 Å². The number of carbonyl (C=O) groups excluding carboxylic acids is 2. The number of anilines is 1. The summed E-state index contributed by atoms with van der Waals surface area (Å²) >= 11 is 0. The van der Waals surface area contributed by atoms with Crippen LogP contribution in [0.3, 0.4) is 0 Å². The molecule has 5 rings (SSSR count). The van der Waals surface area contributed by atoms with Crippen LogP contribution in [0.2, 0.25) is 0 Å². The Kier molecular flexibility index (Phi) is 27.2. The number of pyridine rings is 3. The maximum absolute atomic E-state index is 14.3. The molecule has 2 fully saturated rings. The lowest BCUT2D eigenvalue weighted by molar-refractivity contribution is -0.145. The third-order valence-corrected chi connectivity index (χ3v) is 16.0. The molecule has 4 atom stereocenters. The van der Waals surface area contributed by atoms with Crippen molar-refractivity contribution in [2.45, 2.75) is 129 Å². The SMILES string of the molecule is CCOc1ccc(C(=O)N2CCN(c3ccc(-c4cccnc4OCC)nc3CNCCC(C)(CC)OCCC(C)(CC)NC(=O)CCC(C(=O)O)N3CCN(CC(=O)O)CCN(CC(=O)O)CCN(CC(=O)O)CC3)[C@H](CC)C2)c(C(F)(F)F)n1. The maximum atomic E-state index is 14.3. The van der Waals surface area contributed by atoms with E-state index in [0.717, 1.165) is 11.8 Å². The number of amides is 2. The molecule has 2 saturated heterocycles. The van der Waals surface area contributed by atoms with Gasteiger partial charge in [-0.2, -0.15) is 13.2 Å². The number of ether oxygens (including phenoxy) is 3. The molecule has 24 nitrogen and oxygen atoms in total. The van der Waals surface area contributed by atoms with Gasteiger partial charge >= 0.3 is 30.1 Å². The third kappa shape index (κ3) is 21.3. The van der Waals surface area contributed by atoms with Gasteiger partial charge in [0.2, 0.25) is 17.7 Å². The van der Waals surface area contributed by atoms with Crippen LogP contribution >= 0.6 is 0 Å². The fourth-order valence-corrected chi connectivity index (χ4v) is 10.6. The number of rotatable bonds is 31. The average molecular weight is 1220 g/mol.